The third kappa shape index (κ3) is 4.02. The highest BCUT2D eigenvalue weighted by molar-refractivity contribution is 6.20. The summed E-state index contributed by atoms with van der Waals surface area (Å²) in [6.07, 6.45) is 1.97. The average Bonchev–Trinajstić information content (AvgIpc) is 3.49. The van der Waals surface area contributed by atoms with Crippen LogP contribution in [0.1, 0.15) is 22.3 Å². The lowest BCUT2D eigenvalue weighted by Gasteiger charge is -2.16. The highest BCUT2D eigenvalue weighted by atomic mass is 14.8. The summed E-state index contributed by atoms with van der Waals surface area (Å²) in [4.78, 5) is 10.2. The number of rotatable bonds is 3. The van der Waals surface area contributed by atoms with Crippen LogP contribution >= 0.6 is 0 Å². The Labute approximate surface area is 291 Å². The summed E-state index contributed by atoms with van der Waals surface area (Å²) in [5, 5.41) is 7.52. The van der Waals surface area contributed by atoms with Gasteiger partial charge in [-0.05, 0) is 116 Å². The van der Waals surface area contributed by atoms with E-state index in [9.17, 15) is 0 Å². The summed E-state index contributed by atoms with van der Waals surface area (Å²) in [5.41, 5.74) is 19.3. The van der Waals surface area contributed by atoms with Gasteiger partial charge in [-0.15, -0.1) is 0 Å². The summed E-state index contributed by atoms with van der Waals surface area (Å²) in [7, 11) is 0. The van der Waals surface area contributed by atoms with Crippen molar-refractivity contribution >= 4 is 43.4 Å². The Morgan fingerprint density at radius 1 is 0.360 bits per heavy atom. The molecule has 2 heterocycles. The zero-order valence-corrected chi connectivity index (χ0v) is 28.6. The summed E-state index contributed by atoms with van der Waals surface area (Å²) in [6.45, 7) is 8.69. The minimum absolute atomic E-state index is 0.973. The second-order valence-electron chi connectivity index (χ2n) is 13.9. The van der Waals surface area contributed by atoms with E-state index in [1.165, 1.54) is 99.1 Å². The SMILES string of the molecule is Cc1cnc2c(ccc3c(C)c(C)c(-c4ccc(-c5cccc6c(-c7ccc8c9c(cccc79)-c7ccccc7-8)cccc56)cc4)nc32)c1C. The number of aromatic nitrogens is 2. The molecule has 2 nitrogen and oxygen atoms in total. The molecule has 2 heteroatoms. The second-order valence-corrected chi connectivity index (χ2v) is 13.9. The summed E-state index contributed by atoms with van der Waals surface area (Å²) < 4.78 is 0. The number of nitrogens with zero attached hydrogens (tertiary/aromatic N) is 2. The smallest absolute Gasteiger partial charge is 0.0975 e. The fourth-order valence-corrected chi connectivity index (χ4v) is 8.40. The van der Waals surface area contributed by atoms with Gasteiger partial charge < -0.3 is 0 Å². The molecule has 0 saturated carbocycles. The first-order chi connectivity index (χ1) is 24.5. The van der Waals surface area contributed by atoms with Gasteiger partial charge in [0.2, 0.25) is 0 Å². The van der Waals surface area contributed by atoms with Crippen molar-refractivity contribution in [1.82, 2.24) is 9.97 Å². The molecule has 0 unspecified atom stereocenters. The highest BCUT2D eigenvalue weighted by Crippen LogP contribution is 2.50. The topological polar surface area (TPSA) is 25.8 Å². The van der Waals surface area contributed by atoms with Crippen LogP contribution in [0.25, 0.3) is 99.1 Å². The lowest BCUT2D eigenvalue weighted by Crippen LogP contribution is -1.97. The van der Waals surface area contributed by atoms with E-state index in [4.69, 9.17) is 9.97 Å². The lowest BCUT2D eigenvalue weighted by molar-refractivity contribution is 1.25. The van der Waals surface area contributed by atoms with Crippen LogP contribution in [-0.4, -0.2) is 9.97 Å². The number of hydrogen-bond donors (Lipinski definition) is 0. The number of aryl methyl sites for hydroxylation is 3. The van der Waals surface area contributed by atoms with Crippen LogP contribution < -0.4 is 0 Å². The van der Waals surface area contributed by atoms with Crippen molar-refractivity contribution in [3.05, 3.63) is 156 Å². The number of pyridine rings is 2. The molecule has 0 bridgehead atoms. The Balaban J connectivity index is 1.09. The molecular weight excluding hydrogens is 605 g/mol. The van der Waals surface area contributed by atoms with Crippen LogP contribution in [-0.2, 0) is 0 Å². The quantitative estimate of drug-likeness (QED) is 0.180. The van der Waals surface area contributed by atoms with Gasteiger partial charge in [0.05, 0.1) is 16.7 Å². The standard InChI is InChI=1S/C48H34N2/c1-27-26-49-47-33(28(27)2)22-23-34-29(3)30(4)46(50-48(34)47)32-20-18-31(19-21-32)35-12-7-14-37-36(35)13-8-15-38(37)41-24-25-44-40-11-6-5-10-39(40)42-16-9-17-43(41)45(42)44/h5-26H,1-4H3. The van der Waals surface area contributed by atoms with Crippen molar-refractivity contribution in [2.24, 2.45) is 0 Å². The number of fused-ring (bicyclic) bond motifs is 7. The van der Waals surface area contributed by atoms with Crippen molar-refractivity contribution in [3.8, 4) is 55.8 Å². The largest absolute Gasteiger partial charge is 0.254 e. The predicted molar refractivity (Wildman–Crippen MR) is 212 cm³/mol. The van der Waals surface area contributed by atoms with Gasteiger partial charge in [0, 0.05) is 22.5 Å². The van der Waals surface area contributed by atoms with E-state index in [0.717, 1.165) is 22.3 Å². The molecule has 0 fully saturated rings. The Bertz CT molecular complexity index is 2870. The first-order valence-corrected chi connectivity index (χ1v) is 17.4. The first-order valence-electron chi connectivity index (χ1n) is 17.4. The predicted octanol–water partition coefficient (Wildman–Crippen LogP) is 13.0. The van der Waals surface area contributed by atoms with Crippen LogP contribution in [0.4, 0.5) is 0 Å². The number of benzene rings is 7. The minimum atomic E-state index is 0.973. The van der Waals surface area contributed by atoms with E-state index in [-0.39, 0.29) is 0 Å². The molecule has 2 aromatic heterocycles. The van der Waals surface area contributed by atoms with E-state index >= 15 is 0 Å². The van der Waals surface area contributed by atoms with Crippen molar-refractivity contribution in [2.45, 2.75) is 27.7 Å². The molecule has 0 aliphatic heterocycles. The van der Waals surface area contributed by atoms with Crippen molar-refractivity contribution in [2.75, 3.05) is 0 Å². The fourth-order valence-electron chi connectivity index (χ4n) is 8.40. The van der Waals surface area contributed by atoms with Gasteiger partial charge in [-0.1, -0.05) is 127 Å². The molecule has 0 radical (unpaired) electrons. The van der Waals surface area contributed by atoms with E-state index in [1.807, 2.05) is 6.20 Å². The van der Waals surface area contributed by atoms with Gasteiger partial charge in [0.1, 0.15) is 0 Å². The van der Waals surface area contributed by atoms with E-state index < -0.39 is 0 Å². The molecule has 7 aromatic carbocycles. The Morgan fingerprint density at radius 3 is 1.64 bits per heavy atom. The van der Waals surface area contributed by atoms with Gasteiger partial charge >= 0.3 is 0 Å². The van der Waals surface area contributed by atoms with E-state index in [1.54, 1.807) is 0 Å². The molecule has 50 heavy (non-hydrogen) atoms. The lowest BCUT2D eigenvalue weighted by atomic mass is 9.89. The Morgan fingerprint density at radius 2 is 0.900 bits per heavy atom. The summed E-state index contributed by atoms with van der Waals surface area (Å²) in [5.74, 6) is 0. The molecule has 0 spiro atoms. The third-order valence-electron chi connectivity index (χ3n) is 11.3. The minimum Gasteiger partial charge on any atom is -0.254 e. The second kappa shape index (κ2) is 10.7. The van der Waals surface area contributed by atoms with Gasteiger partial charge in [-0.2, -0.15) is 0 Å². The molecule has 9 aromatic rings. The summed E-state index contributed by atoms with van der Waals surface area (Å²) in [6, 6.07) is 47.0. The van der Waals surface area contributed by atoms with Crippen LogP contribution in [0, 0.1) is 27.7 Å². The maximum atomic E-state index is 5.29. The van der Waals surface area contributed by atoms with Crippen LogP contribution in [0.2, 0.25) is 0 Å². The zero-order valence-electron chi connectivity index (χ0n) is 28.6. The van der Waals surface area contributed by atoms with Crippen molar-refractivity contribution in [1.29, 1.82) is 0 Å². The van der Waals surface area contributed by atoms with Gasteiger partial charge in [-0.25, -0.2) is 4.98 Å². The maximum absolute atomic E-state index is 5.29. The average molecular weight is 639 g/mol. The molecule has 0 amide bonds. The van der Waals surface area contributed by atoms with Gasteiger partial charge in [0.15, 0.2) is 0 Å². The first kappa shape index (κ1) is 28.9. The van der Waals surface area contributed by atoms with E-state index in [2.05, 4.69) is 155 Å². The molecule has 1 aliphatic carbocycles. The van der Waals surface area contributed by atoms with E-state index in [0.29, 0.717) is 0 Å². The molecule has 1 aliphatic rings. The van der Waals surface area contributed by atoms with Crippen LogP contribution in [0.5, 0.6) is 0 Å². The molecule has 0 atom stereocenters. The van der Waals surface area contributed by atoms with Crippen LogP contribution in [0.15, 0.2) is 134 Å². The Kier molecular flexibility index (Phi) is 6.17. The zero-order chi connectivity index (χ0) is 33.7. The summed E-state index contributed by atoms with van der Waals surface area (Å²) >= 11 is 0. The molecule has 10 rings (SSSR count). The van der Waals surface area contributed by atoms with Gasteiger partial charge in [0.25, 0.3) is 0 Å². The normalized spacial score (nSPS) is 12.0. The molecule has 0 saturated heterocycles. The Hall–Kier alpha value is -6.12. The molecule has 236 valence electrons. The van der Waals surface area contributed by atoms with Crippen molar-refractivity contribution in [3.63, 3.8) is 0 Å². The third-order valence-corrected chi connectivity index (χ3v) is 11.3. The molecule has 0 N–H and O–H groups in total. The fraction of sp³-hybridized carbons (Fsp3) is 0.0833. The monoisotopic (exact) mass is 638 g/mol. The highest BCUT2D eigenvalue weighted by Gasteiger charge is 2.23. The number of hydrogen-bond acceptors (Lipinski definition) is 2. The maximum Gasteiger partial charge on any atom is 0.0975 e. The molecular formula is C48H34N2. The van der Waals surface area contributed by atoms with Crippen LogP contribution in [0.3, 0.4) is 0 Å². The van der Waals surface area contributed by atoms with Crippen molar-refractivity contribution < 1.29 is 0 Å². The van der Waals surface area contributed by atoms with Gasteiger partial charge in [-0.3, -0.25) is 4.98 Å².